The van der Waals surface area contributed by atoms with Gasteiger partial charge < -0.3 is 5.11 Å². The molecule has 0 saturated heterocycles. The molecule has 0 aliphatic carbocycles. The minimum absolute atomic E-state index is 0.592. The molecule has 1 heterocycles. The van der Waals surface area contributed by atoms with Gasteiger partial charge >= 0.3 is 0 Å². The molecule has 0 fully saturated rings. The maximum absolute atomic E-state index is 9.46. The van der Waals surface area contributed by atoms with Crippen LogP contribution in [0.25, 0.3) is 0 Å². The molecule has 0 saturated carbocycles. The second kappa shape index (κ2) is 4.11. The lowest BCUT2D eigenvalue weighted by Crippen LogP contribution is -2.19. The van der Waals surface area contributed by atoms with E-state index in [1.807, 2.05) is 20.9 Å². The summed E-state index contributed by atoms with van der Waals surface area (Å²) in [5.41, 5.74) is -0.592. The number of aryl methyl sites for hydroxylation is 1. The second-order valence-electron chi connectivity index (χ2n) is 3.58. The lowest BCUT2D eigenvalue weighted by Gasteiger charge is -2.15. The molecule has 0 unspecified atom stereocenters. The predicted octanol–water partition coefficient (Wildman–Crippen LogP) is 1.07. The summed E-state index contributed by atoms with van der Waals surface area (Å²) in [7, 11) is 1.86. The molecule has 0 aliphatic heterocycles. The third-order valence-corrected chi connectivity index (χ3v) is 2.65. The Morgan fingerprint density at radius 1 is 1.62 bits per heavy atom. The van der Waals surface area contributed by atoms with Crippen LogP contribution in [0.3, 0.4) is 0 Å². The van der Waals surface area contributed by atoms with Gasteiger partial charge in [0.15, 0.2) is 5.16 Å². The maximum Gasteiger partial charge on any atom is 0.185 e. The highest BCUT2D eigenvalue weighted by Gasteiger charge is 2.12. The molecule has 0 atom stereocenters. The molecule has 0 amide bonds. The first kappa shape index (κ1) is 10.5. The molecule has 13 heavy (non-hydrogen) atoms. The number of aromatic nitrogens is 3. The first-order valence-electron chi connectivity index (χ1n) is 4.18. The summed E-state index contributed by atoms with van der Waals surface area (Å²) in [5.74, 6) is 0.857. The molecule has 5 heteroatoms. The van der Waals surface area contributed by atoms with Crippen LogP contribution in [0.15, 0.2) is 11.5 Å². The summed E-state index contributed by atoms with van der Waals surface area (Å²) in [4.78, 5) is 4.07. The zero-order valence-electron chi connectivity index (χ0n) is 8.19. The van der Waals surface area contributed by atoms with Crippen LogP contribution >= 0.6 is 11.8 Å². The molecule has 0 spiro atoms. The van der Waals surface area contributed by atoms with Crippen molar-refractivity contribution in [2.45, 2.75) is 31.0 Å². The van der Waals surface area contributed by atoms with Crippen molar-refractivity contribution < 1.29 is 5.11 Å². The van der Waals surface area contributed by atoms with Crippen LogP contribution in [0.1, 0.15) is 20.3 Å². The average molecular weight is 201 g/mol. The van der Waals surface area contributed by atoms with Crippen LogP contribution in [-0.2, 0) is 7.05 Å². The number of nitrogens with zero attached hydrogens (tertiary/aromatic N) is 3. The van der Waals surface area contributed by atoms with Crippen molar-refractivity contribution in [1.29, 1.82) is 0 Å². The monoisotopic (exact) mass is 201 g/mol. The first-order valence-corrected chi connectivity index (χ1v) is 5.17. The number of aliphatic hydroxyl groups is 1. The molecule has 1 aromatic rings. The number of hydrogen-bond acceptors (Lipinski definition) is 4. The normalized spacial score (nSPS) is 12.0. The van der Waals surface area contributed by atoms with Gasteiger partial charge in [0.1, 0.15) is 6.33 Å². The Balaban J connectivity index is 2.32. The fraction of sp³-hybridized carbons (Fsp3) is 0.750. The van der Waals surface area contributed by atoms with E-state index in [0.29, 0.717) is 0 Å². The topological polar surface area (TPSA) is 50.9 Å². The third-order valence-electron chi connectivity index (χ3n) is 1.61. The summed E-state index contributed by atoms with van der Waals surface area (Å²) < 4.78 is 1.73. The average Bonchev–Trinajstić information content (AvgIpc) is 2.34. The maximum atomic E-state index is 9.46. The van der Waals surface area contributed by atoms with E-state index in [2.05, 4.69) is 10.1 Å². The zero-order valence-corrected chi connectivity index (χ0v) is 9.01. The van der Waals surface area contributed by atoms with Crippen molar-refractivity contribution in [1.82, 2.24) is 14.8 Å². The smallest absolute Gasteiger partial charge is 0.185 e. The van der Waals surface area contributed by atoms with Crippen LogP contribution in [0.2, 0.25) is 0 Å². The molecule has 1 N–H and O–H groups in total. The summed E-state index contributed by atoms with van der Waals surface area (Å²) >= 11 is 1.61. The van der Waals surface area contributed by atoms with Crippen molar-refractivity contribution in [3.63, 3.8) is 0 Å². The van der Waals surface area contributed by atoms with Crippen LogP contribution in [0, 0.1) is 0 Å². The predicted molar refractivity (Wildman–Crippen MR) is 52.6 cm³/mol. The highest BCUT2D eigenvalue weighted by molar-refractivity contribution is 7.99. The van der Waals surface area contributed by atoms with Gasteiger partial charge in [-0.05, 0) is 20.3 Å². The molecule has 4 nitrogen and oxygen atoms in total. The van der Waals surface area contributed by atoms with Gasteiger partial charge in [-0.2, -0.15) is 5.10 Å². The Kier molecular flexibility index (Phi) is 3.33. The lowest BCUT2D eigenvalue weighted by molar-refractivity contribution is 0.0777. The van der Waals surface area contributed by atoms with Gasteiger partial charge in [0.2, 0.25) is 0 Å². The summed E-state index contributed by atoms with van der Waals surface area (Å²) in [5, 5.41) is 14.3. The number of hydrogen-bond donors (Lipinski definition) is 1. The summed E-state index contributed by atoms with van der Waals surface area (Å²) in [6.45, 7) is 3.62. The minimum atomic E-state index is -0.592. The van der Waals surface area contributed by atoms with Gasteiger partial charge in [0, 0.05) is 12.8 Å². The van der Waals surface area contributed by atoms with Crippen LogP contribution in [0.4, 0.5) is 0 Å². The van der Waals surface area contributed by atoms with Gasteiger partial charge in [-0.25, -0.2) is 9.67 Å². The Morgan fingerprint density at radius 2 is 2.31 bits per heavy atom. The standard InChI is InChI=1S/C8H15N3OS/c1-8(2,12)4-5-13-7-9-6-10-11(7)3/h6,12H,4-5H2,1-3H3. The zero-order chi connectivity index (χ0) is 9.90. The van der Waals surface area contributed by atoms with Gasteiger partial charge in [-0.3, -0.25) is 0 Å². The van der Waals surface area contributed by atoms with Crippen molar-refractivity contribution in [3.05, 3.63) is 6.33 Å². The number of thioether (sulfide) groups is 1. The largest absolute Gasteiger partial charge is 0.390 e. The Labute approximate surface area is 82.4 Å². The molecule has 0 aromatic carbocycles. The molecule has 0 aliphatic rings. The fourth-order valence-electron chi connectivity index (χ4n) is 0.808. The van der Waals surface area contributed by atoms with Crippen LogP contribution < -0.4 is 0 Å². The Morgan fingerprint density at radius 3 is 2.77 bits per heavy atom. The van der Waals surface area contributed by atoms with Crippen molar-refractivity contribution in [2.75, 3.05) is 5.75 Å². The molecule has 0 bridgehead atoms. The summed E-state index contributed by atoms with van der Waals surface area (Å²) in [6, 6.07) is 0. The van der Waals surface area contributed by atoms with E-state index in [4.69, 9.17) is 0 Å². The summed E-state index contributed by atoms with van der Waals surface area (Å²) in [6.07, 6.45) is 2.29. The van der Waals surface area contributed by atoms with E-state index in [1.165, 1.54) is 6.33 Å². The molecule has 1 rings (SSSR count). The molecular formula is C8H15N3OS. The van der Waals surface area contributed by atoms with Crippen molar-refractivity contribution in [2.24, 2.45) is 7.05 Å². The lowest BCUT2D eigenvalue weighted by atomic mass is 10.1. The first-order chi connectivity index (χ1) is 5.99. The molecule has 74 valence electrons. The second-order valence-corrected chi connectivity index (χ2v) is 4.64. The van der Waals surface area contributed by atoms with Crippen molar-refractivity contribution in [3.8, 4) is 0 Å². The SMILES string of the molecule is Cn1ncnc1SCCC(C)(C)O. The molecular weight excluding hydrogens is 186 g/mol. The quantitative estimate of drug-likeness (QED) is 0.740. The van der Waals surface area contributed by atoms with E-state index in [0.717, 1.165) is 17.3 Å². The van der Waals surface area contributed by atoms with Gasteiger partial charge in [0.05, 0.1) is 5.60 Å². The Hall–Kier alpha value is -0.550. The van der Waals surface area contributed by atoms with Crippen LogP contribution in [-0.4, -0.2) is 31.2 Å². The fourth-order valence-corrected chi connectivity index (χ4v) is 1.95. The minimum Gasteiger partial charge on any atom is -0.390 e. The van der Waals surface area contributed by atoms with E-state index in [9.17, 15) is 5.11 Å². The number of rotatable bonds is 4. The van der Waals surface area contributed by atoms with Gasteiger partial charge in [-0.1, -0.05) is 11.8 Å². The third kappa shape index (κ3) is 3.78. The van der Waals surface area contributed by atoms with E-state index < -0.39 is 5.60 Å². The van der Waals surface area contributed by atoms with E-state index >= 15 is 0 Å². The van der Waals surface area contributed by atoms with E-state index in [-0.39, 0.29) is 0 Å². The van der Waals surface area contributed by atoms with Crippen LogP contribution in [0.5, 0.6) is 0 Å². The molecule has 1 aromatic heterocycles. The van der Waals surface area contributed by atoms with Gasteiger partial charge in [0.25, 0.3) is 0 Å². The Bertz CT molecular complexity index is 267. The highest BCUT2D eigenvalue weighted by Crippen LogP contribution is 2.18. The highest BCUT2D eigenvalue weighted by atomic mass is 32.2. The van der Waals surface area contributed by atoms with Gasteiger partial charge in [-0.15, -0.1) is 0 Å². The molecule has 0 radical (unpaired) electrons. The van der Waals surface area contributed by atoms with E-state index in [1.54, 1.807) is 16.4 Å². The van der Waals surface area contributed by atoms with Crippen molar-refractivity contribution >= 4 is 11.8 Å².